The lowest BCUT2D eigenvalue weighted by Crippen LogP contribution is -2.46. The molecule has 0 aromatic heterocycles. The molecule has 3 nitrogen and oxygen atoms in total. The molecular weight excluding hydrogens is 294 g/mol. The number of carbonyl (C=O) groups is 1. The molecule has 98 valence electrons. The van der Waals surface area contributed by atoms with Crippen LogP contribution in [0.2, 0.25) is 0 Å². The molecule has 1 aliphatic heterocycles. The Labute approximate surface area is 116 Å². The highest BCUT2D eigenvalue weighted by atomic mass is 79.9. The molecule has 0 aliphatic carbocycles. The van der Waals surface area contributed by atoms with Gasteiger partial charge in [0, 0.05) is 16.4 Å². The van der Waals surface area contributed by atoms with E-state index in [-0.39, 0.29) is 11.4 Å². The maximum Gasteiger partial charge on any atom is 0.251 e. The molecule has 0 saturated carbocycles. The van der Waals surface area contributed by atoms with Crippen LogP contribution in [0, 0.1) is 0 Å². The molecule has 1 heterocycles. The Hall–Kier alpha value is -0.870. The van der Waals surface area contributed by atoms with Crippen molar-refractivity contribution >= 4 is 21.8 Å². The Morgan fingerprint density at radius 1 is 1.44 bits per heavy atom. The average molecular weight is 312 g/mol. The van der Waals surface area contributed by atoms with E-state index >= 15 is 0 Å². The maximum atomic E-state index is 12.2. The molecular formula is C14H18BrNO2. The Bertz CT molecular complexity index is 455. The van der Waals surface area contributed by atoms with Crippen LogP contribution in [0.1, 0.15) is 41.8 Å². The van der Waals surface area contributed by atoms with Gasteiger partial charge in [-0.3, -0.25) is 4.79 Å². The molecule has 4 heteroatoms. The second kappa shape index (κ2) is 5.41. The van der Waals surface area contributed by atoms with Crippen molar-refractivity contribution in [1.82, 2.24) is 5.32 Å². The Balaban J connectivity index is 2.14. The summed E-state index contributed by atoms with van der Waals surface area (Å²) in [6.07, 6.45) is 0.887. The lowest BCUT2D eigenvalue weighted by Gasteiger charge is -2.27. The molecule has 18 heavy (non-hydrogen) atoms. The van der Waals surface area contributed by atoms with Gasteiger partial charge in [0.1, 0.15) is 0 Å². The van der Waals surface area contributed by atoms with Gasteiger partial charge < -0.3 is 10.1 Å². The Morgan fingerprint density at radius 2 is 2.17 bits per heavy atom. The highest BCUT2D eigenvalue weighted by molar-refractivity contribution is 9.09. The van der Waals surface area contributed by atoms with Crippen molar-refractivity contribution in [3.05, 3.63) is 34.9 Å². The number of nitrogens with one attached hydrogen (secondary N) is 1. The van der Waals surface area contributed by atoms with E-state index in [2.05, 4.69) is 28.2 Å². The summed E-state index contributed by atoms with van der Waals surface area (Å²) in [6, 6.07) is 5.78. The first-order valence-corrected chi connectivity index (χ1v) is 7.28. The number of carbonyl (C=O) groups excluding carboxylic acids is 1. The van der Waals surface area contributed by atoms with Crippen molar-refractivity contribution < 1.29 is 9.53 Å². The fraction of sp³-hybridized carbons (Fsp3) is 0.500. The second-order valence-electron chi connectivity index (χ2n) is 4.98. The normalized spacial score (nSPS) is 17.1. The fourth-order valence-corrected chi connectivity index (χ4v) is 2.41. The molecule has 1 N–H and O–H groups in total. The van der Waals surface area contributed by atoms with Crippen LogP contribution < -0.4 is 5.32 Å². The summed E-state index contributed by atoms with van der Waals surface area (Å²) in [5.41, 5.74) is 2.82. The van der Waals surface area contributed by atoms with E-state index in [9.17, 15) is 4.79 Å². The van der Waals surface area contributed by atoms with Gasteiger partial charge in [-0.15, -0.1) is 0 Å². The maximum absolute atomic E-state index is 12.2. The monoisotopic (exact) mass is 311 g/mol. The van der Waals surface area contributed by atoms with Crippen LogP contribution in [-0.4, -0.2) is 16.8 Å². The molecule has 0 spiro atoms. The van der Waals surface area contributed by atoms with Gasteiger partial charge in [-0.1, -0.05) is 28.9 Å². The predicted octanol–water partition coefficient (Wildman–Crippen LogP) is 3.01. The summed E-state index contributed by atoms with van der Waals surface area (Å²) in [5, 5.41) is 3.82. The summed E-state index contributed by atoms with van der Waals surface area (Å²) in [6.45, 7) is 5.37. The van der Waals surface area contributed by atoms with E-state index in [1.807, 2.05) is 25.1 Å². The summed E-state index contributed by atoms with van der Waals surface area (Å²) in [5.74, 6) is -0.0199. The van der Waals surface area contributed by atoms with Crippen molar-refractivity contribution in [2.24, 2.45) is 0 Å². The lowest BCUT2D eigenvalue weighted by atomic mass is 10.00. The summed E-state index contributed by atoms with van der Waals surface area (Å²) < 4.78 is 5.35. The summed E-state index contributed by atoms with van der Waals surface area (Å²) in [4.78, 5) is 12.2. The zero-order chi connectivity index (χ0) is 13.2. The van der Waals surface area contributed by atoms with Crippen LogP contribution in [0.4, 0.5) is 0 Å². The van der Waals surface area contributed by atoms with Crippen molar-refractivity contribution in [3.8, 4) is 0 Å². The van der Waals surface area contributed by atoms with Gasteiger partial charge in [-0.25, -0.2) is 0 Å². The van der Waals surface area contributed by atoms with Gasteiger partial charge in [0.2, 0.25) is 0 Å². The Morgan fingerprint density at radius 3 is 2.83 bits per heavy atom. The number of hydrogen-bond acceptors (Lipinski definition) is 2. The quantitative estimate of drug-likeness (QED) is 0.868. The molecule has 1 unspecified atom stereocenters. The van der Waals surface area contributed by atoms with Crippen LogP contribution in [0.5, 0.6) is 0 Å². The van der Waals surface area contributed by atoms with Gasteiger partial charge in [0.25, 0.3) is 5.91 Å². The highest BCUT2D eigenvalue weighted by Gasteiger charge is 2.24. The number of benzene rings is 1. The minimum absolute atomic E-state index is 0.0199. The number of fused-ring (bicyclic) bond motifs is 1. The fourth-order valence-electron chi connectivity index (χ4n) is 1.88. The van der Waals surface area contributed by atoms with Crippen LogP contribution in [0.15, 0.2) is 18.2 Å². The van der Waals surface area contributed by atoms with Crippen LogP contribution >= 0.6 is 15.9 Å². The minimum atomic E-state index is -0.202. The smallest absolute Gasteiger partial charge is 0.251 e. The molecule has 1 atom stereocenters. The zero-order valence-corrected chi connectivity index (χ0v) is 12.3. The Kier molecular flexibility index (Phi) is 4.07. The molecule has 1 aromatic carbocycles. The molecule has 0 saturated heterocycles. The standard InChI is InChI=1S/C14H18BrNO2/c1-3-14(2,9-15)16-13(17)10-4-5-11-7-18-8-12(11)6-10/h4-6H,3,7-9H2,1-2H3,(H,16,17). The van der Waals surface area contributed by atoms with Crippen LogP contribution in [0.3, 0.4) is 0 Å². The molecule has 1 aromatic rings. The van der Waals surface area contributed by atoms with Gasteiger partial charge in [-0.2, -0.15) is 0 Å². The first-order valence-electron chi connectivity index (χ1n) is 6.16. The predicted molar refractivity (Wildman–Crippen MR) is 74.9 cm³/mol. The number of rotatable bonds is 4. The molecule has 1 aliphatic rings. The molecule has 1 amide bonds. The van der Waals surface area contributed by atoms with E-state index in [4.69, 9.17) is 4.74 Å². The van der Waals surface area contributed by atoms with E-state index in [1.54, 1.807) is 0 Å². The second-order valence-corrected chi connectivity index (χ2v) is 5.54. The highest BCUT2D eigenvalue weighted by Crippen LogP contribution is 2.21. The largest absolute Gasteiger partial charge is 0.372 e. The number of alkyl halides is 1. The first kappa shape index (κ1) is 13.6. The van der Waals surface area contributed by atoms with Crippen molar-refractivity contribution in [1.29, 1.82) is 0 Å². The average Bonchev–Trinajstić information content (AvgIpc) is 2.85. The van der Waals surface area contributed by atoms with E-state index in [0.717, 1.165) is 17.3 Å². The van der Waals surface area contributed by atoms with E-state index in [0.29, 0.717) is 18.8 Å². The van der Waals surface area contributed by atoms with E-state index < -0.39 is 0 Å². The molecule has 0 radical (unpaired) electrons. The summed E-state index contributed by atoms with van der Waals surface area (Å²) >= 11 is 3.45. The molecule has 2 rings (SSSR count). The minimum Gasteiger partial charge on any atom is -0.372 e. The van der Waals surface area contributed by atoms with E-state index in [1.165, 1.54) is 5.56 Å². The first-order chi connectivity index (χ1) is 8.58. The van der Waals surface area contributed by atoms with Crippen LogP contribution in [-0.2, 0) is 18.0 Å². The van der Waals surface area contributed by atoms with Crippen molar-refractivity contribution in [2.45, 2.75) is 39.0 Å². The number of ether oxygens (including phenoxy) is 1. The number of hydrogen-bond donors (Lipinski definition) is 1. The third-order valence-electron chi connectivity index (χ3n) is 3.47. The van der Waals surface area contributed by atoms with Crippen molar-refractivity contribution in [3.63, 3.8) is 0 Å². The third-order valence-corrected chi connectivity index (χ3v) is 4.71. The molecule has 0 bridgehead atoms. The van der Waals surface area contributed by atoms with Crippen molar-refractivity contribution in [2.75, 3.05) is 5.33 Å². The zero-order valence-electron chi connectivity index (χ0n) is 10.8. The SMILES string of the molecule is CCC(C)(CBr)NC(=O)c1ccc2c(c1)COC2. The summed E-state index contributed by atoms with van der Waals surface area (Å²) in [7, 11) is 0. The molecule has 0 fully saturated rings. The topological polar surface area (TPSA) is 38.3 Å². The number of halogens is 1. The third kappa shape index (κ3) is 2.75. The van der Waals surface area contributed by atoms with Gasteiger partial charge in [-0.05, 0) is 36.6 Å². The lowest BCUT2D eigenvalue weighted by molar-refractivity contribution is 0.0913. The van der Waals surface area contributed by atoms with Gasteiger partial charge >= 0.3 is 0 Å². The van der Waals surface area contributed by atoms with Gasteiger partial charge in [0.05, 0.1) is 13.2 Å². The van der Waals surface area contributed by atoms with Crippen LogP contribution in [0.25, 0.3) is 0 Å². The number of amides is 1. The van der Waals surface area contributed by atoms with Gasteiger partial charge in [0.15, 0.2) is 0 Å².